The quantitative estimate of drug-likeness (QED) is 0.558. The summed E-state index contributed by atoms with van der Waals surface area (Å²) in [6.45, 7) is 3.38. The first-order chi connectivity index (χ1) is 14.7. The molecule has 3 aromatic heterocycles. The van der Waals surface area contributed by atoms with Crippen molar-refractivity contribution in [3.05, 3.63) is 41.6 Å². The highest BCUT2D eigenvalue weighted by molar-refractivity contribution is 6.29. The number of carbonyl (C=O) groups excluding carboxylic acids is 1. The monoisotopic (exact) mass is 457 g/mol. The van der Waals surface area contributed by atoms with Gasteiger partial charge in [-0.25, -0.2) is 14.3 Å². The minimum Gasteiger partial charge on any atom is -0.383 e. The molecule has 2 amide bonds. The Morgan fingerprint density at radius 2 is 2.13 bits per heavy atom. The SMILES string of the molecule is CCN(CCOC)c1c(NC(=O)Nc2ccnc(C(F)(F)F)c2)cnn2cc(Cl)nc12. The molecule has 0 fully saturated rings. The Morgan fingerprint density at radius 1 is 1.35 bits per heavy atom. The van der Waals surface area contributed by atoms with Crippen LogP contribution in [0.1, 0.15) is 12.6 Å². The van der Waals surface area contributed by atoms with Crippen molar-refractivity contribution in [2.75, 3.05) is 42.3 Å². The number of urea groups is 1. The number of ether oxygens (including phenoxy) is 1. The van der Waals surface area contributed by atoms with E-state index in [2.05, 4.69) is 25.7 Å². The zero-order chi connectivity index (χ0) is 22.6. The summed E-state index contributed by atoms with van der Waals surface area (Å²) in [5, 5.41) is 9.38. The Hall–Kier alpha value is -3.12. The first-order valence-electron chi connectivity index (χ1n) is 9.12. The number of fused-ring (bicyclic) bond motifs is 1. The molecule has 0 saturated heterocycles. The van der Waals surface area contributed by atoms with Gasteiger partial charge in [0.15, 0.2) is 5.65 Å². The lowest BCUT2D eigenvalue weighted by Crippen LogP contribution is -2.30. The Balaban J connectivity index is 1.90. The Labute approximate surface area is 180 Å². The molecule has 0 atom stereocenters. The summed E-state index contributed by atoms with van der Waals surface area (Å²) in [6.07, 6.45) is -0.736. The van der Waals surface area contributed by atoms with Crippen molar-refractivity contribution in [1.29, 1.82) is 0 Å². The van der Waals surface area contributed by atoms with Crippen molar-refractivity contribution < 1.29 is 22.7 Å². The molecule has 0 aromatic carbocycles. The van der Waals surface area contributed by atoms with Gasteiger partial charge in [0.05, 0.1) is 24.7 Å². The highest BCUT2D eigenvalue weighted by Crippen LogP contribution is 2.31. The highest BCUT2D eigenvalue weighted by Gasteiger charge is 2.32. The summed E-state index contributed by atoms with van der Waals surface area (Å²) < 4.78 is 45.2. The van der Waals surface area contributed by atoms with Gasteiger partial charge in [-0.2, -0.15) is 18.3 Å². The number of carbonyl (C=O) groups is 1. The smallest absolute Gasteiger partial charge is 0.383 e. The summed E-state index contributed by atoms with van der Waals surface area (Å²) in [5.74, 6) is 0. The van der Waals surface area contributed by atoms with Crippen molar-refractivity contribution in [2.24, 2.45) is 0 Å². The minimum absolute atomic E-state index is 0.0639. The van der Waals surface area contributed by atoms with Gasteiger partial charge in [0, 0.05) is 32.1 Å². The average molecular weight is 458 g/mol. The molecular formula is C18H19ClF3N7O2. The van der Waals surface area contributed by atoms with Gasteiger partial charge in [-0.1, -0.05) is 11.6 Å². The molecule has 0 radical (unpaired) electrons. The lowest BCUT2D eigenvalue weighted by molar-refractivity contribution is -0.141. The number of imidazole rings is 1. The standard InChI is InChI=1S/C18H19ClF3N7O2/c1-3-28(6-7-31-2)15-12(9-24-29-10-14(19)27-16(15)29)26-17(30)25-11-4-5-23-13(8-11)18(20,21)22/h4-5,8-10H,3,6-7H2,1-2H3,(H2,23,25,26,30). The number of amides is 2. The van der Waals surface area contributed by atoms with Crippen molar-refractivity contribution in [3.8, 4) is 0 Å². The summed E-state index contributed by atoms with van der Waals surface area (Å²) in [5.41, 5.74) is 0.0745. The molecule has 3 rings (SSSR count). The fourth-order valence-corrected chi connectivity index (χ4v) is 3.05. The van der Waals surface area contributed by atoms with Gasteiger partial charge in [-0.15, -0.1) is 0 Å². The molecule has 2 N–H and O–H groups in total. The second kappa shape index (κ2) is 9.35. The van der Waals surface area contributed by atoms with Gasteiger partial charge >= 0.3 is 12.2 Å². The largest absolute Gasteiger partial charge is 0.433 e. The number of anilines is 3. The third-order valence-electron chi connectivity index (χ3n) is 4.26. The Bertz CT molecular complexity index is 1070. The van der Waals surface area contributed by atoms with Crippen LogP contribution in [0.25, 0.3) is 5.65 Å². The van der Waals surface area contributed by atoms with Crippen LogP contribution in [-0.2, 0) is 10.9 Å². The Kier molecular flexibility index (Phi) is 6.81. The van der Waals surface area contributed by atoms with E-state index in [-0.39, 0.29) is 10.8 Å². The molecule has 166 valence electrons. The number of hydrogen-bond acceptors (Lipinski definition) is 6. The van der Waals surface area contributed by atoms with Crippen molar-refractivity contribution >= 4 is 40.3 Å². The van der Waals surface area contributed by atoms with Crippen LogP contribution in [0.4, 0.5) is 35.0 Å². The van der Waals surface area contributed by atoms with Gasteiger partial charge in [0.1, 0.15) is 16.5 Å². The summed E-state index contributed by atoms with van der Waals surface area (Å²) in [7, 11) is 1.57. The van der Waals surface area contributed by atoms with Gasteiger partial charge in [-0.05, 0) is 19.1 Å². The van der Waals surface area contributed by atoms with E-state index in [1.807, 2.05) is 11.8 Å². The fraction of sp³-hybridized carbons (Fsp3) is 0.333. The molecule has 0 aliphatic carbocycles. The van der Waals surface area contributed by atoms with Crippen molar-refractivity contribution in [2.45, 2.75) is 13.1 Å². The third kappa shape index (κ3) is 5.33. The average Bonchev–Trinajstić information content (AvgIpc) is 3.09. The molecule has 0 aliphatic rings. The minimum atomic E-state index is -4.63. The number of hydrogen-bond donors (Lipinski definition) is 2. The maximum absolute atomic E-state index is 12.9. The molecule has 3 heterocycles. The normalized spacial score (nSPS) is 11.5. The number of pyridine rings is 1. The first kappa shape index (κ1) is 22.6. The van der Waals surface area contributed by atoms with Crippen LogP contribution in [-0.4, -0.2) is 52.4 Å². The van der Waals surface area contributed by atoms with Crippen LogP contribution in [0.3, 0.4) is 0 Å². The van der Waals surface area contributed by atoms with Crippen LogP contribution in [0.15, 0.2) is 30.7 Å². The van der Waals surface area contributed by atoms with Gasteiger partial charge in [0.2, 0.25) is 0 Å². The van der Waals surface area contributed by atoms with Crippen LogP contribution in [0.5, 0.6) is 0 Å². The molecule has 0 bridgehead atoms. The molecular weight excluding hydrogens is 439 g/mol. The molecule has 13 heteroatoms. The highest BCUT2D eigenvalue weighted by atomic mass is 35.5. The molecule has 31 heavy (non-hydrogen) atoms. The number of nitrogens with one attached hydrogen (secondary N) is 2. The number of halogens is 4. The zero-order valence-electron chi connectivity index (χ0n) is 16.6. The van der Waals surface area contributed by atoms with Crippen molar-refractivity contribution in [3.63, 3.8) is 0 Å². The number of aromatic nitrogens is 4. The van der Waals surface area contributed by atoms with E-state index < -0.39 is 17.9 Å². The Morgan fingerprint density at radius 3 is 2.81 bits per heavy atom. The second-order valence-corrected chi connectivity index (χ2v) is 6.71. The number of nitrogens with zero attached hydrogens (tertiary/aromatic N) is 5. The molecule has 9 nitrogen and oxygen atoms in total. The number of rotatable bonds is 7. The van der Waals surface area contributed by atoms with E-state index in [1.165, 1.54) is 23.0 Å². The lowest BCUT2D eigenvalue weighted by atomic mass is 10.3. The van der Waals surface area contributed by atoms with Crippen molar-refractivity contribution in [1.82, 2.24) is 19.6 Å². The van der Waals surface area contributed by atoms with Crippen LogP contribution in [0.2, 0.25) is 5.15 Å². The van der Waals surface area contributed by atoms with E-state index in [4.69, 9.17) is 16.3 Å². The molecule has 0 unspecified atom stereocenters. The van der Waals surface area contributed by atoms with Gasteiger partial charge < -0.3 is 20.3 Å². The zero-order valence-corrected chi connectivity index (χ0v) is 17.3. The summed E-state index contributed by atoms with van der Waals surface area (Å²) >= 11 is 6.01. The fourth-order valence-electron chi connectivity index (χ4n) is 2.88. The predicted molar refractivity (Wildman–Crippen MR) is 110 cm³/mol. The van der Waals surface area contributed by atoms with E-state index in [0.717, 1.165) is 12.3 Å². The topological polar surface area (TPSA) is 96.7 Å². The van der Waals surface area contributed by atoms with E-state index >= 15 is 0 Å². The van der Waals surface area contributed by atoms with Crippen LogP contribution < -0.4 is 15.5 Å². The third-order valence-corrected chi connectivity index (χ3v) is 4.44. The molecule has 0 spiro atoms. The summed E-state index contributed by atoms with van der Waals surface area (Å²) in [4.78, 5) is 21.9. The van der Waals surface area contributed by atoms with E-state index in [9.17, 15) is 18.0 Å². The predicted octanol–water partition coefficient (Wildman–Crippen LogP) is 3.91. The van der Waals surface area contributed by atoms with E-state index in [0.29, 0.717) is 36.7 Å². The van der Waals surface area contributed by atoms with Gasteiger partial charge in [0.25, 0.3) is 0 Å². The molecule has 0 saturated carbocycles. The lowest BCUT2D eigenvalue weighted by Gasteiger charge is -2.25. The molecule has 3 aromatic rings. The summed E-state index contributed by atoms with van der Waals surface area (Å²) in [6, 6.07) is 1.24. The van der Waals surface area contributed by atoms with Crippen LogP contribution >= 0.6 is 11.6 Å². The van der Waals surface area contributed by atoms with E-state index in [1.54, 1.807) is 7.11 Å². The van der Waals surface area contributed by atoms with Crippen LogP contribution in [0, 0.1) is 0 Å². The molecule has 0 aliphatic heterocycles. The first-order valence-corrected chi connectivity index (χ1v) is 9.49. The maximum atomic E-state index is 12.9. The maximum Gasteiger partial charge on any atom is 0.433 e. The number of alkyl halides is 3. The second-order valence-electron chi connectivity index (χ2n) is 6.32. The van der Waals surface area contributed by atoms with Gasteiger partial charge in [-0.3, -0.25) is 4.98 Å². The number of likely N-dealkylation sites (N-methyl/N-ethyl adjacent to an activating group) is 1. The number of methoxy groups -OCH3 is 1.